The maximum absolute atomic E-state index is 12.1. The number of amides is 1. The summed E-state index contributed by atoms with van der Waals surface area (Å²) in [5.74, 6) is -0.197. The van der Waals surface area contributed by atoms with Gasteiger partial charge in [0.2, 0.25) is 10.0 Å². The van der Waals surface area contributed by atoms with E-state index in [1.165, 1.54) is 0 Å². The molecule has 5 nitrogen and oxygen atoms in total. The van der Waals surface area contributed by atoms with Crippen LogP contribution >= 0.6 is 0 Å². The van der Waals surface area contributed by atoms with E-state index in [-0.39, 0.29) is 5.91 Å². The van der Waals surface area contributed by atoms with Gasteiger partial charge in [0.15, 0.2) is 0 Å². The van der Waals surface area contributed by atoms with Gasteiger partial charge in [-0.25, -0.2) is 8.42 Å². The molecular weight excluding hydrogens is 288 g/mol. The second-order valence-corrected chi connectivity index (χ2v) is 6.47. The molecule has 0 unspecified atom stereocenters. The highest BCUT2D eigenvalue weighted by atomic mass is 32.2. The maximum atomic E-state index is 12.1. The molecule has 110 valence electrons. The third-order valence-electron chi connectivity index (χ3n) is 2.84. The van der Waals surface area contributed by atoms with Gasteiger partial charge in [0.25, 0.3) is 5.91 Å². The van der Waals surface area contributed by atoms with Crippen LogP contribution in [0.3, 0.4) is 0 Å². The fourth-order valence-electron chi connectivity index (χ4n) is 1.86. The van der Waals surface area contributed by atoms with E-state index in [0.29, 0.717) is 16.9 Å². The number of hydrogen-bond acceptors (Lipinski definition) is 3. The van der Waals surface area contributed by atoms with E-state index in [0.717, 1.165) is 11.8 Å². The van der Waals surface area contributed by atoms with E-state index >= 15 is 0 Å². The highest BCUT2D eigenvalue weighted by molar-refractivity contribution is 7.92. The summed E-state index contributed by atoms with van der Waals surface area (Å²) >= 11 is 0. The lowest BCUT2D eigenvalue weighted by Gasteiger charge is -2.09. The number of nitrogens with one attached hydrogen (secondary N) is 2. The molecule has 0 heterocycles. The molecule has 1 amide bonds. The van der Waals surface area contributed by atoms with Crippen LogP contribution in [-0.2, 0) is 10.0 Å². The smallest absolute Gasteiger partial charge is 0.255 e. The number of carbonyl (C=O) groups excluding carboxylic acids is 1. The summed E-state index contributed by atoms with van der Waals surface area (Å²) in [5.41, 5.74) is 2.55. The fraction of sp³-hybridized carbons (Fsp3) is 0.133. The second-order valence-electron chi connectivity index (χ2n) is 4.72. The summed E-state index contributed by atoms with van der Waals surface area (Å²) in [6, 6.07) is 13.8. The first-order valence-corrected chi connectivity index (χ1v) is 8.19. The highest BCUT2D eigenvalue weighted by Crippen LogP contribution is 2.16. The molecule has 0 saturated carbocycles. The molecule has 0 saturated heterocycles. The normalized spacial score (nSPS) is 11.0. The predicted molar refractivity (Wildman–Crippen MR) is 84.0 cm³/mol. The van der Waals surface area contributed by atoms with Gasteiger partial charge >= 0.3 is 0 Å². The minimum absolute atomic E-state index is 0.197. The molecule has 0 aliphatic carbocycles. The lowest BCUT2D eigenvalue weighted by molar-refractivity contribution is 0.102. The first kappa shape index (κ1) is 15.1. The first-order valence-electron chi connectivity index (χ1n) is 6.30. The van der Waals surface area contributed by atoms with Crippen LogP contribution in [0.15, 0.2) is 48.5 Å². The molecule has 0 fully saturated rings. The van der Waals surface area contributed by atoms with Gasteiger partial charge in [0.05, 0.1) is 6.26 Å². The number of rotatable bonds is 4. The van der Waals surface area contributed by atoms with E-state index < -0.39 is 10.0 Å². The topological polar surface area (TPSA) is 75.3 Å². The van der Waals surface area contributed by atoms with Crippen molar-refractivity contribution in [3.05, 3.63) is 59.7 Å². The number of aryl methyl sites for hydroxylation is 1. The standard InChI is InChI=1S/C15H16N2O3S/c1-11-5-3-4-6-14(11)15(18)16-12-7-9-13(10-8-12)17-21(2,19)20/h3-10,17H,1-2H3,(H,16,18). The summed E-state index contributed by atoms with van der Waals surface area (Å²) in [6.07, 6.45) is 1.08. The molecule has 6 heteroatoms. The molecule has 0 radical (unpaired) electrons. The van der Waals surface area contributed by atoms with Crippen molar-refractivity contribution in [2.24, 2.45) is 0 Å². The molecule has 2 N–H and O–H groups in total. The number of carbonyl (C=O) groups is 1. The summed E-state index contributed by atoms with van der Waals surface area (Å²) < 4.78 is 24.6. The average Bonchev–Trinajstić information content (AvgIpc) is 2.40. The second kappa shape index (κ2) is 5.97. The first-order chi connectivity index (χ1) is 9.85. The fourth-order valence-corrected chi connectivity index (χ4v) is 2.43. The SMILES string of the molecule is Cc1ccccc1C(=O)Nc1ccc(NS(C)(=O)=O)cc1. The van der Waals surface area contributed by atoms with Crippen LogP contribution in [0.4, 0.5) is 11.4 Å². The lowest BCUT2D eigenvalue weighted by Crippen LogP contribution is -2.13. The highest BCUT2D eigenvalue weighted by Gasteiger charge is 2.08. The van der Waals surface area contributed by atoms with Crippen molar-refractivity contribution in [1.82, 2.24) is 0 Å². The number of benzene rings is 2. The minimum Gasteiger partial charge on any atom is -0.322 e. The van der Waals surface area contributed by atoms with Crippen molar-refractivity contribution < 1.29 is 13.2 Å². The Kier molecular flexibility index (Phi) is 4.28. The Balaban J connectivity index is 2.10. The summed E-state index contributed by atoms with van der Waals surface area (Å²) in [6.45, 7) is 1.87. The van der Waals surface area contributed by atoms with Crippen molar-refractivity contribution in [2.45, 2.75) is 6.92 Å². The van der Waals surface area contributed by atoms with Crippen LogP contribution in [0.2, 0.25) is 0 Å². The third kappa shape index (κ3) is 4.32. The molecule has 0 spiro atoms. The van der Waals surface area contributed by atoms with Gasteiger partial charge in [-0.2, -0.15) is 0 Å². The molecule has 0 aromatic heterocycles. The zero-order valence-electron chi connectivity index (χ0n) is 11.8. The number of anilines is 2. The van der Waals surface area contributed by atoms with Gasteiger partial charge in [0.1, 0.15) is 0 Å². The van der Waals surface area contributed by atoms with Crippen LogP contribution in [0.25, 0.3) is 0 Å². The Morgan fingerprint density at radius 2 is 1.52 bits per heavy atom. The van der Waals surface area contributed by atoms with Crippen molar-refractivity contribution in [1.29, 1.82) is 0 Å². The average molecular weight is 304 g/mol. The van der Waals surface area contributed by atoms with Crippen molar-refractivity contribution >= 4 is 27.3 Å². The van der Waals surface area contributed by atoms with E-state index in [9.17, 15) is 13.2 Å². The van der Waals surface area contributed by atoms with Gasteiger partial charge in [-0.3, -0.25) is 9.52 Å². The molecule has 21 heavy (non-hydrogen) atoms. The lowest BCUT2D eigenvalue weighted by atomic mass is 10.1. The van der Waals surface area contributed by atoms with Crippen molar-refractivity contribution in [3.63, 3.8) is 0 Å². The molecule has 0 atom stereocenters. The Labute approximate surface area is 124 Å². The molecule has 0 bridgehead atoms. The largest absolute Gasteiger partial charge is 0.322 e. The van der Waals surface area contributed by atoms with Gasteiger partial charge in [-0.1, -0.05) is 18.2 Å². The molecule has 2 rings (SSSR count). The monoisotopic (exact) mass is 304 g/mol. The van der Waals surface area contributed by atoms with Crippen LogP contribution in [-0.4, -0.2) is 20.6 Å². The van der Waals surface area contributed by atoms with Crippen LogP contribution in [0, 0.1) is 6.92 Å². The number of sulfonamides is 1. The van der Waals surface area contributed by atoms with Crippen LogP contribution in [0.1, 0.15) is 15.9 Å². The van der Waals surface area contributed by atoms with Gasteiger partial charge in [0, 0.05) is 16.9 Å². The Hall–Kier alpha value is -2.34. The third-order valence-corrected chi connectivity index (χ3v) is 3.44. The molecule has 0 aliphatic heterocycles. The van der Waals surface area contributed by atoms with Gasteiger partial charge in [-0.05, 0) is 42.8 Å². The van der Waals surface area contributed by atoms with Crippen molar-refractivity contribution in [2.75, 3.05) is 16.3 Å². The Bertz CT molecular complexity index is 753. The summed E-state index contributed by atoms with van der Waals surface area (Å²) in [4.78, 5) is 12.1. The van der Waals surface area contributed by atoms with E-state index in [4.69, 9.17) is 0 Å². The number of hydrogen-bond donors (Lipinski definition) is 2. The summed E-state index contributed by atoms with van der Waals surface area (Å²) in [5, 5.41) is 2.77. The van der Waals surface area contributed by atoms with Crippen LogP contribution < -0.4 is 10.0 Å². The summed E-state index contributed by atoms with van der Waals surface area (Å²) in [7, 11) is -3.30. The van der Waals surface area contributed by atoms with Crippen molar-refractivity contribution in [3.8, 4) is 0 Å². The van der Waals surface area contributed by atoms with Gasteiger partial charge in [-0.15, -0.1) is 0 Å². The zero-order valence-corrected chi connectivity index (χ0v) is 12.6. The predicted octanol–water partition coefficient (Wildman–Crippen LogP) is 2.62. The van der Waals surface area contributed by atoms with Gasteiger partial charge < -0.3 is 5.32 Å². The van der Waals surface area contributed by atoms with E-state index in [1.807, 2.05) is 19.1 Å². The maximum Gasteiger partial charge on any atom is 0.255 e. The van der Waals surface area contributed by atoms with E-state index in [1.54, 1.807) is 36.4 Å². The minimum atomic E-state index is -3.30. The zero-order chi connectivity index (χ0) is 15.5. The molecule has 2 aromatic rings. The molecular formula is C15H16N2O3S. The quantitative estimate of drug-likeness (QED) is 0.911. The Morgan fingerprint density at radius 1 is 0.952 bits per heavy atom. The molecule has 2 aromatic carbocycles. The Morgan fingerprint density at radius 3 is 2.10 bits per heavy atom. The van der Waals surface area contributed by atoms with Crippen LogP contribution in [0.5, 0.6) is 0 Å². The molecule has 0 aliphatic rings. The van der Waals surface area contributed by atoms with E-state index in [2.05, 4.69) is 10.0 Å².